The standard InChI is InChI=1S/C14H12ClN5O/c1-20(7-13-16-8-17-19-13)14(21)10-6-12(15)18-11-5-3-2-4-9(10)11/h2-6,8H,7H2,1H3,(H,16,17,19). The van der Waals surface area contributed by atoms with Gasteiger partial charge in [0, 0.05) is 12.4 Å². The monoisotopic (exact) mass is 301 g/mol. The molecule has 1 aromatic carbocycles. The number of rotatable bonds is 3. The largest absolute Gasteiger partial charge is 0.334 e. The molecule has 21 heavy (non-hydrogen) atoms. The highest BCUT2D eigenvalue weighted by Crippen LogP contribution is 2.22. The van der Waals surface area contributed by atoms with Crippen molar-refractivity contribution in [1.82, 2.24) is 25.1 Å². The number of nitrogens with one attached hydrogen (secondary N) is 1. The summed E-state index contributed by atoms with van der Waals surface area (Å²) in [5.41, 5.74) is 1.22. The van der Waals surface area contributed by atoms with E-state index in [0.717, 1.165) is 5.39 Å². The SMILES string of the molecule is CN(Cc1ncn[nH]1)C(=O)c1cc(Cl)nc2ccccc12. The van der Waals surface area contributed by atoms with Gasteiger partial charge in [0.25, 0.3) is 5.91 Å². The fourth-order valence-corrected chi connectivity index (χ4v) is 2.33. The Morgan fingerprint density at radius 1 is 1.38 bits per heavy atom. The molecule has 6 nitrogen and oxygen atoms in total. The first-order chi connectivity index (χ1) is 10.1. The van der Waals surface area contributed by atoms with Gasteiger partial charge >= 0.3 is 0 Å². The molecule has 1 amide bonds. The maximum absolute atomic E-state index is 12.6. The van der Waals surface area contributed by atoms with E-state index in [1.54, 1.807) is 18.0 Å². The van der Waals surface area contributed by atoms with Gasteiger partial charge in [-0.1, -0.05) is 29.8 Å². The number of aromatic nitrogens is 4. The number of para-hydroxylation sites is 1. The van der Waals surface area contributed by atoms with Crippen LogP contribution in [0.1, 0.15) is 16.2 Å². The van der Waals surface area contributed by atoms with Crippen molar-refractivity contribution >= 4 is 28.4 Å². The Kier molecular flexibility index (Phi) is 3.53. The minimum absolute atomic E-state index is 0.146. The van der Waals surface area contributed by atoms with E-state index in [0.29, 0.717) is 28.6 Å². The van der Waals surface area contributed by atoms with Gasteiger partial charge in [0.15, 0.2) is 0 Å². The number of hydrogen-bond acceptors (Lipinski definition) is 4. The topological polar surface area (TPSA) is 74.8 Å². The van der Waals surface area contributed by atoms with Gasteiger partial charge in [-0.15, -0.1) is 0 Å². The van der Waals surface area contributed by atoms with E-state index in [9.17, 15) is 4.79 Å². The fraction of sp³-hybridized carbons (Fsp3) is 0.143. The molecule has 0 saturated carbocycles. The van der Waals surface area contributed by atoms with E-state index in [1.807, 2.05) is 24.3 Å². The molecule has 0 aliphatic heterocycles. The lowest BCUT2D eigenvalue weighted by molar-refractivity contribution is 0.0783. The Morgan fingerprint density at radius 3 is 2.95 bits per heavy atom. The van der Waals surface area contributed by atoms with Gasteiger partial charge in [-0.25, -0.2) is 9.97 Å². The molecule has 0 bridgehead atoms. The summed E-state index contributed by atoms with van der Waals surface area (Å²) >= 11 is 6.00. The number of carbonyl (C=O) groups excluding carboxylic acids is 1. The summed E-state index contributed by atoms with van der Waals surface area (Å²) < 4.78 is 0. The minimum Gasteiger partial charge on any atom is -0.334 e. The van der Waals surface area contributed by atoms with E-state index < -0.39 is 0 Å². The van der Waals surface area contributed by atoms with Gasteiger partial charge in [-0.3, -0.25) is 9.89 Å². The molecular weight excluding hydrogens is 290 g/mol. The molecule has 0 radical (unpaired) electrons. The molecule has 3 rings (SSSR count). The minimum atomic E-state index is -0.146. The Balaban J connectivity index is 1.97. The summed E-state index contributed by atoms with van der Waals surface area (Å²) in [6, 6.07) is 9.00. The molecule has 7 heteroatoms. The van der Waals surface area contributed by atoms with Crippen molar-refractivity contribution in [2.75, 3.05) is 7.05 Å². The van der Waals surface area contributed by atoms with Gasteiger partial charge in [-0.2, -0.15) is 5.10 Å². The second kappa shape index (κ2) is 5.49. The molecule has 0 spiro atoms. The van der Waals surface area contributed by atoms with Crippen molar-refractivity contribution in [3.63, 3.8) is 0 Å². The zero-order chi connectivity index (χ0) is 14.8. The molecule has 3 aromatic rings. The molecule has 0 atom stereocenters. The number of nitrogens with zero attached hydrogens (tertiary/aromatic N) is 4. The maximum atomic E-state index is 12.6. The highest BCUT2D eigenvalue weighted by molar-refractivity contribution is 6.30. The summed E-state index contributed by atoms with van der Waals surface area (Å²) in [6.45, 7) is 0.340. The number of fused-ring (bicyclic) bond motifs is 1. The lowest BCUT2D eigenvalue weighted by Gasteiger charge is -2.17. The number of pyridine rings is 1. The Morgan fingerprint density at radius 2 is 2.19 bits per heavy atom. The molecule has 0 saturated heterocycles. The molecule has 0 fully saturated rings. The summed E-state index contributed by atoms with van der Waals surface area (Å²) in [5, 5.41) is 7.57. The van der Waals surface area contributed by atoms with E-state index in [1.165, 1.54) is 6.33 Å². The number of halogens is 1. The first-order valence-corrected chi connectivity index (χ1v) is 6.68. The van der Waals surface area contributed by atoms with Crippen LogP contribution in [0.5, 0.6) is 0 Å². The molecular formula is C14H12ClN5O. The van der Waals surface area contributed by atoms with Crippen molar-refractivity contribution in [2.24, 2.45) is 0 Å². The van der Waals surface area contributed by atoms with Gasteiger partial charge < -0.3 is 4.90 Å². The molecule has 2 aromatic heterocycles. The first-order valence-electron chi connectivity index (χ1n) is 6.30. The van der Waals surface area contributed by atoms with Crippen LogP contribution in [0.25, 0.3) is 10.9 Å². The maximum Gasteiger partial charge on any atom is 0.254 e. The zero-order valence-corrected chi connectivity index (χ0v) is 12.0. The fourth-order valence-electron chi connectivity index (χ4n) is 2.13. The van der Waals surface area contributed by atoms with Crippen LogP contribution in [0.3, 0.4) is 0 Å². The average Bonchev–Trinajstić information content (AvgIpc) is 2.98. The predicted molar refractivity (Wildman–Crippen MR) is 78.9 cm³/mol. The highest BCUT2D eigenvalue weighted by Gasteiger charge is 2.17. The van der Waals surface area contributed by atoms with Crippen LogP contribution >= 0.6 is 11.6 Å². The van der Waals surface area contributed by atoms with Crippen LogP contribution in [0.15, 0.2) is 36.7 Å². The predicted octanol–water partition coefficient (Wildman–Crippen LogP) is 2.28. The third-order valence-electron chi connectivity index (χ3n) is 3.11. The van der Waals surface area contributed by atoms with Crippen LogP contribution < -0.4 is 0 Å². The van der Waals surface area contributed by atoms with E-state index in [2.05, 4.69) is 20.2 Å². The van der Waals surface area contributed by atoms with Crippen molar-refractivity contribution in [3.05, 3.63) is 53.2 Å². The second-order valence-electron chi connectivity index (χ2n) is 4.60. The molecule has 0 aliphatic carbocycles. The molecule has 106 valence electrons. The smallest absolute Gasteiger partial charge is 0.254 e. The summed E-state index contributed by atoms with van der Waals surface area (Å²) in [7, 11) is 1.70. The van der Waals surface area contributed by atoms with Crippen molar-refractivity contribution in [1.29, 1.82) is 0 Å². The zero-order valence-electron chi connectivity index (χ0n) is 11.2. The third kappa shape index (κ3) is 2.71. The van der Waals surface area contributed by atoms with E-state index in [4.69, 9.17) is 11.6 Å². The Labute approximate surface area is 125 Å². The normalized spacial score (nSPS) is 10.8. The lowest BCUT2D eigenvalue weighted by Crippen LogP contribution is -2.27. The molecule has 2 heterocycles. The molecule has 0 unspecified atom stereocenters. The van der Waals surface area contributed by atoms with Crippen molar-refractivity contribution in [3.8, 4) is 0 Å². The van der Waals surface area contributed by atoms with Crippen LogP contribution in [0.2, 0.25) is 5.15 Å². The number of hydrogen-bond donors (Lipinski definition) is 1. The van der Waals surface area contributed by atoms with Crippen LogP contribution in [0.4, 0.5) is 0 Å². The second-order valence-corrected chi connectivity index (χ2v) is 4.99. The summed E-state index contributed by atoms with van der Waals surface area (Å²) in [4.78, 5) is 22.4. The van der Waals surface area contributed by atoms with Crippen LogP contribution in [-0.4, -0.2) is 38.0 Å². The Hall–Kier alpha value is -2.47. The van der Waals surface area contributed by atoms with Gasteiger partial charge in [0.1, 0.15) is 17.3 Å². The lowest BCUT2D eigenvalue weighted by atomic mass is 10.1. The van der Waals surface area contributed by atoms with Crippen molar-refractivity contribution in [2.45, 2.75) is 6.54 Å². The summed E-state index contributed by atoms with van der Waals surface area (Å²) in [5.74, 6) is 0.474. The number of aromatic amines is 1. The molecule has 1 N–H and O–H groups in total. The van der Waals surface area contributed by atoms with Gasteiger partial charge in [-0.05, 0) is 12.1 Å². The number of amides is 1. The Bertz CT molecular complexity index is 787. The number of carbonyl (C=O) groups is 1. The first kappa shape index (κ1) is 13.5. The third-order valence-corrected chi connectivity index (χ3v) is 3.31. The quantitative estimate of drug-likeness (QED) is 0.753. The number of benzene rings is 1. The van der Waals surface area contributed by atoms with Crippen LogP contribution in [-0.2, 0) is 6.54 Å². The van der Waals surface area contributed by atoms with Gasteiger partial charge in [0.2, 0.25) is 0 Å². The van der Waals surface area contributed by atoms with E-state index in [-0.39, 0.29) is 5.91 Å². The van der Waals surface area contributed by atoms with Crippen LogP contribution in [0, 0.1) is 0 Å². The van der Waals surface area contributed by atoms with E-state index >= 15 is 0 Å². The highest BCUT2D eigenvalue weighted by atomic mass is 35.5. The number of H-pyrrole nitrogens is 1. The van der Waals surface area contributed by atoms with Crippen molar-refractivity contribution < 1.29 is 4.79 Å². The summed E-state index contributed by atoms with van der Waals surface area (Å²) in [6.07, 6.45) is 1.41. The molecule has 0 aliphatic rings. The average molecular weight is 302 g/mol. The van der Waals surface area contributed by atoms with Gasteiger partial charge in [0.05, 0.1) is 17.6 Å².